The lowest BCUT2D eigenvalue weighted by Crippen LogP contribution is -2.90. The first-order chi connectivity index (χ1) is 11.0. The maximum Gasteiger partial charge on any atom is 0.342 e. The molecule has 3 N–H and O–H groups in total. The molecule has 3 unspecified atom stereocenters. The van der Waals surface area contributed by atoms with Gasteiger partial charge >= 0.3 is 5.91 Å². The van der Waals surface area contributed by atoms with Crippen molar-refractivity contribution in [3.05, 3.63) is 29.8 Å². The highest BCUT2D eigenvalue weighted by Gasteiger charge is 2.96. The highest BCUT2D eigenvalue weighted by molar-refractivity contribution is 5.95. The van der Waals surface area contributed by atoms with Gasteiger partial charge in [-0.1, -0.05) is 12.1 Å². The van der Waals surface area contributed by atoms with Crippen LogP contribution in [0.15, 0.2) is 24.3 Å². The van der Waals surface area contributed by atoms with E-state index >= 15 is 0 Å². The molecule has 0 saturated heterocycles. The molecular weight excluding hydrogens is 296 g/mol. The summed E-state index contributed by atoms with van der Waals surface area (Å²) in [6, 6.07) is 11.7. The van der Waals surface area contributed by atoms with Crippen molar-refractivity contribution in [1.82, 2.24) is 0 Å². The minimum atomic E-state index is -1.48. The second-order valence-corrected chi connectivity index (χ2v) is 5.61. The second kappa shape index (κ2) is 4.69. The summed E-state index contributed by atoms with van der Waals surface area (Å²) >= 11 is 0. The molecule has 7 nitrogen and oxygen atoms in total. The molecule has 3 rings (SSSR count). The number of benzene rings is 1. The number of nitriles is 2. The summed E-state index contributed by atoms with van der Waals surface area (Å²) in [4.78, 5) is 2.85. The van der Waals surface area contributed by atoms with Crippen LogP contribution in [0.3, 0.4) is 0 Å². The quantitative estimate of drug-likeness (QED) is 0.704. The molecule has 1 aromatic rings. The summed E-state index contributed by atoms with van der Waals surface area (Å²) in [7, 11) is 4.39. The van der Waals surface area contributed by atoms with Gasteiger partial charge in [0.15, 0.2) is 10.8 Å². The Balaban J connectivity index is 2.23. The van der Waals surface area contributed by atoms with Crippen LogP contribution < -0.4 is 15.5 Å². The SMILES string of the molecule is COc1cccc(C2C3(C#N)C(N)=[NH+]C(OC)(OC)C23C#N)c1. The number of hydrogen-bond donors (Lipinski definition) is 2. The molecule has 0 bridgehead atoms. The van der Waals surface area contributed by atoms with Crippen molar-refractivity contribution in [1.29, 1.82) is 10.5 Å². The van der Waals surface area contributed by atoms with Crippen molar-refractivity contribution in [2.45, 2.75) is 11.8 Å². The first-order valence-electron chi connectivity index (χ1n) is 7.01. The van der Waals surface area contributed by atoms with Crippen LogP contribution in [0, 0.1) is 33.5 Å². The minimum absolute atomic E-state index is 0.179. The molecule has 0 spiro atoms. The molecule has 23 heavy (non-hydrogen) atoms. The fraction of sp³-hybridized carbons (Fsp3) is 0.438. The molecule has 0 radical (unpaired) electrons. The van der Waals surface area contributed by atoms with Gasteiger partial charge < -0.3 is 14.2 Å². The van der Waals surface area contributed by atoms with Gasteiger partial charge in [0.25, 0.3) is 5.84 Å². The summed E-state index contributed by atoms with van der Waals surface area (Å²) < 4.78 is 16.2. The van der Waals surface area contributed by atoms with Crippen LogP contribution in [-0.2, 0) is 9.47 Å². The van der Waals surface area contributed by atoms with Crippen LogP contribution >= 0.6 is 0 Å². The smallest absolute Gasteiger partial charge is 0.342 e. The molecule has 1 aromatic carbocycles. The first kappa shape index (κ1) is 15.3. The average Bonchev–Trinajstić information content (AvgIpc) is 3.18. The molecule has 7 heteroatoms. The van der Waals surface area contributed by atoms with Gasteiger partial charge in [-0.2, -0.15) is 10.5 Å². The molecule has 2 aliphatic rings. The third kappa shape index (κ3) is 1.41. The molecule has 1 aliphatic carbocycles. The maximum absolute atomic E-state index is 9.94. The molecule has 1 fully saturated rings. The minimum Gasteiger partial charge on any atom is -0.497 e. The van der Waals surface area contributed by atoms with Crippen LogP contribution in [-0.4, -0.2) is 33.1 Å². The standard InChI is InChI=1S/C16H16N4O3/c1-21-11-6-4-5-10(7-11)12-14(8-17)13(19)20-16(22-2,23-3)15(12,14)9-18/h4-7,12H,1-3H3,(H2,19,20)/p+1. The van der Waals surface area contributed by atoms with Crippen LogP contribution in [0.1, 0.15) is 11.5 Å². The maximum atomic E-state index is 9.94. The van der Waals surface area contributed by atoms with Gasteiger partial charge in [0.1, 0.15) is 5.75 Å². The van der Waals surface area contributed by atoms with Crippen molar-refractivity contribution in [2.75, 3.05) is 21.3 Å². The highest BCUT2D eigenvalue weighted by Crippen LogP contribution is 2.78. The number of hydrogen-bond acceptors (Lipinski definition) is 6. The van der Waals surface area contributed by atoms with Crippen LogP contribution in [0.5, 0.6) is 5.75 Å². The fourth-order valence-corrected chi connectivity index (χ4v) is 3.93. The Hall–Kier alpha value is -2.61. The predicted octanol–water partition coefficient (Wildman–Crippen LogP) is -0.790. The lowest BCUT2D eigenvalue weighted by Gasteiger charge is -2.26. The molecule has 1 heterocycles. The van der Waals surface area contributed by atoms with Crippen LogP contribution in [0.4, 0.5) is 0 Å². The van der Waals surface area contributed by atoms with Gasteiger partial charge in [0, 0.05) is 20.1 Å². The van der Waals surface area contributed by atoms with E-state index < -0.39 is 22.7 Å². The van der Waals surface area contributed by atoms with E-state index in [1.54, 1.807) is 19.2 Å². The van der Waals surface area contributed by atoms with E-state index in [1.165, 1.54) is 14.2 Å². The van der Waals surface area contributed by atoms with Gasteiger partial charge in [0.05, 0.1) is 19.2 Å². The predicted molar refractivity (Wildman–Crippen MR) is 78.7 cm³/mol. The number of fused-ring (bicyclic) bond motifs is 1. The molecule has 0 amide bonds. The van der Waals surface area contributed by atoms with E-state index in [1.807, 2.05) is 12.1 Å². The summed E-state index contributed by atoms with van der Waals surface area (Å²) in [5, 5.41) is 19.8. The lowest BCUT2D eigenvalue weighted by atomic mass is 9.93. The largest absolute Gasteiger partial charge is 0.497 e. The first-order valence-corrected chi connectivity index (χ1v) is 7.01. The Morgan fingerprint density at radius 1 is 1.17 bits per heavy atom. The Bertz CT molecular complexity index is 774. The Labute approximate surface area is 133 Å². The van der Waals surface area contributed by atoms with Crippen molar-refractivity contribution < 1.29 is 19.2 Å². The zero-order chi connectivity index (χ0) is 16.9. The Kier molecular flexibility index (Phi) is 3.12. The summed E-state index contributed by atoms with van der Waals surface area (Å²) in [5.74, 6) is -1.14. The summed E-state index contributed by atoms with van der Waals surface area (Å²) in [5.41, 5.74) is 4.36. The number of amidine groups is 1. The van der Waals surface area contributed by atoms with E-state index in [4.69, 9.17) is 19.9 Å². The number of nitrogens with zero attached hydrogens (tertiary/aromatic N) is 2. The Morgan fingerprint density at radius 3 is 2.39 bits per heavy atom. The van der Waals surface area contributed by atoms with Crippen molar-refractivity contribution >= 4 is 5.84 Å². The number of methoxy groups -OCH3 is 3. The lowest BCUT2D eigenvalue weighted by molar-refractivity contribution is -0.687. The number of nitrogens with two attached hydrogens (primary N) is 1. The molecular formula is C16H17N4O3+. The van der Waals surface area contributed by atoms with Gasteiger partial charge in [-0.3, -0.25) is 5.73 Å². The van der Waals surface area contributed by atoms with E-state index in [2.05, 4.69) is 17.1 Å². The topological polar surface area (TPSA) is 115 Å². The zero-order valence-corrected chi connectivity index (χ0v) is 13.1. The summed E-state index contributed by atoms with van der Waals surface area (Å²) in [6.07, 6.45) is 0. The van der Waals surface area contributed by atoms with E-state index in [0.717, 1.165) is 5.56 Å². The van der Waals surface area contributed by atoms with Crippen molar-refractivity contribution in [3.8, 4) is 17.9 Å². The van der Waals surface area contributed by atoms with E-state index in [9.17, 15) is 10.5 Å². The number of ether oxygens (including phenoxy) is 3. The van der Waals surface area contributed by atoms with Crippen molar-refractivity contribution in [2.24, 2.45) is 16.6 Å². The summed E-state index contributed by atoms with van der Waals surface area (Å²) in [6.45, 7) is 0. The van der Waals surface area contributed by atoms with Gasteiger partial charge in [-0.05, 0) is 17.7 Å². The van der Waals surface area contributed by atoms with Gasteiger partial charge in [-0.15, -0.1) is 0 Å². The second-order valence-electron chi connectivity index (χ2n) is 5.61. The molecule has 1 saturated carbocycles. The highest BCUT2D eigenvalue weighted by atomic mass is 16.7. The average molecular weight is 313 g/mol. The zero-order valence-electron chi connectivity index (χ0n) is 13.1. The third-order valence-electron chi connectivity index (χ3n) is 5.00. The number of rotatable bonds is 4. The van der Waals surface area contributed by atoms with Crippen LogP contribution in [0.25, 0.3) is 0 Å². The van der Waals surface area contributed by atoms with E-state index in [-0.39, 0.29) is 5.84 Å². The normalized spacial score (nSPS) is 33.1. The number of nitrogens with one attached hydrogen (secondary N) is 1. The Morgan fingerprint density at radius 2 is 1.87 bits per heavy atom. The van der Waals surface area contributed by atoms with Crippen LogP contribution in [0.2, 0.25) is 0 Å². The molecule has 3 atom stereocenters. The van der Waals surface area contributed by atoms with E-state index in [0.29, 0.717) is 5.75 Å². The fourth-order valence-electron chi connectivity index (χ4n) is 3.93. The third-order valence-corrected chi connectivity index (χ3v) is 5.00. The molecule has 1 aliphatic heterocycles. The molecule has 118 valence electrons. The van der Waals surface area contributed by atoms with Gasteiger partial charge in [0.2, 0.25) is 0 Å². The molecule has 0 aromatic heterocycles. The van der Waals surface area contributed by atoms with Gasteiger partial charge in [-0.25, -0.2) is 4.99 Å². The van der Waals surface area contributed by atoms with Crippen molar-refractivity contribution in [3.63, 3.8) is 0 Å². The monoisotopic (exact) mass is 313 g/mol.